The second kappa shape index (κ2) is 8.91. The van der Waals surface area contributed by atoms with Gasteiger partial charge in [0.2, 0.25) is 0 Å². The molecule has 1 N–H and O–H groups in total. The maximum atomic E-state index is 13.1. The summed E-state index contributed by atoms with van der Waals surface area (Å²) in [5.74, 6) is 0. The van der Waals surface area contributed by atoms with E-state index >= 15 is 0 Å². The summed E-state index contributed by atoms with van der Waals surface area (Å²) in [5, 5.41) is 6.78. The van der Waals surface area contributed by atoms with Crippen molar-refractivity contribution < 1.29 is 9.53 Å². The number of aromatic nitrogens is 1. The molecule has 1 aliphatic heterocycles. The summed E-state index contributed by atoms with van der Waals surface area (Å²) in [6.07, 6.45) is 5.43. The van der Waals surface area contributed by atoms with Gasteiger partial charge in [0.15, 0.2) is 0 Å². The van der Waals surface area contributed by atoms with E-state index in [4.69, 9.17) is 9.72 Å². The Labute approximate surface area is 190 Å². The number of ether oxygens (including phenoxy) is 1. The van der Waals surface area contributed by atoms with Gasteiger partial charge in [-0.1, -0.05) is 50.1 Å². The zero-order valence-electron chi connectivity index (χ0n) is 19.2. The molecular weight excluding hydrogens is 406 g/mol. The van der Waals surface area contributed by atoms with Gasteiger partial charge < -0.3 is 10.1 Å². The number of hydrogen-bond donors (Lipinski definition) is 1. The Morgan fingerprint density at radius 3 is 2.74 bits per heavy atom. The molecule has 2 aliphatic rings. The first kappa shape index (κ1) is 22.3. The van der Waals surface area contributed by atoms with Gasteiger partial charge in [-0.25, -0.2) is 9.78 Å². The molecule has 0 spiro atoms. The lowest BCUT2D eigenvalue weighted by Crippen LogP contribution is -2.57. The van der Waals surface area contributed by atoms with Crippen LogP contribution in [0.15, 0.2) is 35.7 Å². The zero-order chi connectivity index (χ0) is 22.1. The van der Waals surface area contributed by atoms with Crippen LogP contribution in [-0.4, -0.2) is 40.2 Å². The van der Waals surface area contributed by atoms with Crippen LogP contribution in [-0.2, 0) is 11.3 Å². The molecule has 2 fully saturated rings. The molecule has 0 bridgehead atoms. The van der Waals surface area contributed by atoms with E-state index < -0.39 is 0 Å². The van der Waals surface area contributed by atoms with Gasteiger partial charge in [0.1, 0.15) is 5.01 Å². The van der Waals surface area contributed by atoms with E-state index in [2.05, 4.69) is 41.6 Å². The first-order valence-corrected chi connectivity index (χ1v) is 12.4. The molecule has 2 heterocycles. The molecule has 3 atom stereocenters. The molecular formula is C25H35N3O2S. The number of likely N-dealkylation sites (tertiary alicyclic amines) is 1. The molecule has 0 unspecified atom stereocenters. The Bertz CT molecular complexity index is 899. The molecule has 168 valence electrons. The zero-order valence-corrected chi connectivity index (χ0v) is 20.0. The molecule has 1 aromatic heterocycles. The van der Waals surface area contributed by atoms with Crippen LogP contribution in [0.4, 0.5) is 4.79 Å². The van der Waals surface area contributed by atoms with Gasteiger partial charge in [0, 0.05) is 35.6 Å². The maximum absolute atomic E-state index is 13.1. The number of benzene rings is 1. The highest BCUT2D eigenvalue weighted by atomic mass is 32.1. The van der Waals surface area contributed by atoms with Crippen LogP contribution in [0.5, 0.6) is 0 Å². The van der Waals surface area contributed by atoms with E-state index in [0.29, 0.717) is 6.54 Å². The molecule has 1 amide bonds. The minimum absolute atomic E-state index is 0.105. The summed E-state index contributed by atoms with van der Waals surface area (Å²) >= 11 is 1.68. The predicted octanol–water partition coefficient (Wildman–Crippen LogP) is 5.86. The predicted molar refractivity (Wildman–Crippen MR) is 126 cm³/mol. The minimum atomic E-state index is -0.157. The third-order valence-corrected chi connectivity index (χ3v) is 8.18. The third kappa shape index (κ3) is 4.37. The van der Waals surface area contributed by atoms with Crippen molar-refractivity contribution in [2.75, 3.05) is 6.54 Å². The smallest absolute Gasteiger partial charge is 0.410 e. The molecule has 4 rings (SSSR count). The fraction of sp³-hybridized carbons (Fsp3) is 0.600. The summed E-state index contributed by atoms with van der Waals surface area (Å²) in [7, 11) is 0. The number of rotatable bonds is 6. The van der Waals surface area contributed by atoms with Crippen LogP contribution in [0.1, 0.15) is 64.8 Å². The fourth-order valence-electron chi connectivity index (χ4n) is 5.55. The van der Waals surface area contributed by atoms with Crippen molar-refractivity contribution >= 4 is 17.4 Å². The summed E-state index contributed by atoms with van der Waals surface area (Å²) in [6.45, 7) is 9.98. The van der Waals surface area contributed by atoms with Crippen molar-refractivity contribution in [2.24, 2.45) is 5.41 Å². The van der Waals surface area contributed by atoms with Crippen LogP contribution in [0.2, 0.25) is 0 Å². The van der Waals surface area contributed by atoms with Crippen LogP contribution in [0.3, 0.4) is 0 Å². The molecule has 1 aliphatic carbocycles. The standard InChI is InChI=1S/C25H35N3O2S/c1-18(2)30-23(29)28-20(14-24(3)12-8-9-13-25(24,28)4)15-26-16-22-27-21(17-31-22)19-10-6-5-7-11-19/h5-7,10-11,17-18,20,26H,8-9,12-16H2,1-4H3/t20-,24-,25-/m0/s1. The monoisotopic (exact) mass is 441 g/mol. The SMILES string of the molecule is CC(C)OC(=O)N1[C@H](CNCc2nc(-c3ccccc3)cs2)C[C@]2(C)CCCC[C@]12C. The number of hydrogen-bond acceptors (Lipinski definition) is 5. The van der Waals surface area contributed by atoms with Crippen LogP contribution < -0.4 is 5.32 Å². The van der Waals surface area contributed by atoms with E-state index in [1.165, 1.54) is 19.3 Å². The Morgan fingerprint density at radius 2 is 2.00 bits per heavy atom. The first-order valence-electron chi connectivity index (χ1n) is 11.5. The van der Waals surface area contributed by atoms with Gasteiger partial charge in [0.05, 0.1) is 11.8 Å². The lowest BCUT2D eigenvalue weighted by molar-refractivity contribution is -0.00395. The quantitative estimate of drug-likeness (QED) is 0.610. The van der Waals surface area contributed by atoms with E-state index in [0.717, 1.165) is 35.7 Å². The van der Waals surface area contributed by atoms with Crippen molar-refractivity contribution in [3.63, 3.8) is 0 Å². The maximum Gasteiger partial charge on any atom is 0.410 e. The van der Waals surface area contributed by atoms with Crippen molar-refractivity contribution in [1.82, 2.24) is 15.2 Å². The van der Waals surface area contributed by atoms with Crippen molar-refractivity contribution in [3.8, 4) is 11.3 Å². The van der Waals surface area contributed by atoms with E-state index in [1.807, 2.05) is 32.0 Å². The molecule has 5 nitrogen and oxygen atoms in total. The van der Waals surface area contributed by atoms with E-state index in [1.54, 1.807) is 11.3 Å². The number of carbonyl (C=O) groups is 1. The molecule has 2 aromatic rings. The third-order valence-electron chi connectivity index (χ3n) is 7.34. The summed E-state index contributed by atoms with van der Waals surface area (Å²) in [4.78, 5) is 20.0. The van der Waals surface area contributed by atoms with Gasteiger partial charge in [-0.15, -0.1) is 11.3 Å². The van der Waals surface area contributed by atoms with Crippen molar-refractivity contribution in [2.45, 2.75) is 84.0 Å². The number of fused-ring (bicyclic) bond motifs is 1. The first-order chi connectivity index (χ1) is 14.8. The number of amides is 1. The Morgan fingerprint density at radius 1 is 1.26 bits per heavy atom. The average Bonchev–Trinajstić information content (AvgIpc) is 3.28. The Hall–Kier alpha value is -1.92. The van der Waals surface area contributed by atoms with Crippen molar-refractivity contribution in [1.29, 1.82) is 0 Å². The largest absolute Gasteiger partial charge is 0.447 e. The summed E-state index contributed by atoms with van der Waals surface area (Å²) < 4.78 is 5.69. The van der Waals surface area contributed by atoms with Gasteiger partial charge in [-0.2, -0.15) is 0 Å². The van der Waals surface area contributed by atoms with Gasteiger partial charge in [-0.05, 0) is 45.4 Å². The number of nitrogens with one attached hydrogen (secondary N) is 1. The molecule has 6 heteroatoms. The van der Waals surface area contributed by atoms with E-state index in [9.17, 15) is 4.79 Å². The number of carbonyl (C=O) groups excluding carboxylic acids is 1. The van der Waals surface area contributed by atoms with Crippen LogP contribution >= 0.6 is 11.3 Å². The molecule has 1 saturated carbocycles. The second-order valence-electron chi connectivity index (χ2n) is 9.83. The minimum Gasteiger partial charge on any atom is -0.447 e. The average molecular weight is 442 g/mol. The topological polar surface area (TPSA) is 54.5 Å². The number of nitrogens with zero attached hydrogens (tertiary/aromatic N) is 2. The normalized spacial score (nSPS) is 28.0. The summed E-state index contributed by atoms with van der Waals surface area (Å²) in [5.41, 5.74) is 2.19. The lowest BCUT2D eigenvalue weighted by atomic mass is 9.63. The Kier molecular flexibility index (Phi) is 6.40. The highest BCUT2D eigenvalue weighted by molar-refractivity contribution is 7.09. The van der Waals surface area contributed by atoms with Crippen molar-refractivity contribution in [3.05, 3.63) is 40.7 Å². The van der Waals surface area contributed by atoms with Gasteiger partial charge in [-0.3, -0.25) is 4.90 Å². The second-order valence-corrected chi connectivity index (χ2v) is 10.8. The molecule has 0 radical (unpaired) electrons. The summed E-state index contributed by atoms with van der Waals surface area (Å²) in [6, 6.07) is 10.4. The van der Waals surface area contributed by atoms with Crippen LogP contribution in [0.25, 0.3) is 11.3 Å². The molecule has 1 saturated heterocycles. The highest BCUT2D eigenvalue weighted by Crippen LogP contribution is 2.56. The number of thiazole rings is 1. The van der Waals surface area contributed by atoms with Gasteiger partial charge in [0.25, 0.3) is 0 Å². The molecule has 31 heavy (non-hydrogen) atoms. The Balaban J connectivity index is 1.44. The van der Waals surface area contributed by atoms with E-state index in [-0.39, 0.29) is 29.2 Å². The highest BCUT2D eigenvalue weighted by Gasteiger charge is 2.60. The van der Waals surface area contributed by atoms with Gasteiger partial charge >= 0.3 is 6.09 Å². The lowest BCUT2D eigenvalue weighted by Gasteiger charge is -2.49. The van der Waals surface area contributed by atoms with Crippen LogP contribution in [0, 0.1) is 5.41 Å². The molecule has 1 aromatic carbocycles. The fourth-order valence-corrected chi connectivity index (χ4v) is 6.33.